The molecule has 6 heteroatoms. The van der Waals surface area contributed by atoms with Crippen LogP contribution in [0.2, 0.25) is 0 Å². The molecule has 0 unspecified atom stereocenters. The maximum Gasteiger partial charge on any atom is 0.329 e. The molecule has 0 atom stereocenters. The van der Waals surface area contributed by atoms with E-state index in [9.17, 15) is 4.79 Å². The van der Waals surface area contributed by atoms with Gasteiger partial charge in [0.05, 0.1) is 30.7 Å². The second-order valence-electron chi connectivity index (χ2n) is 4.89. The molecule has 1 N–H and O–H groups in total. The van der Waals surface area contributed by atoms with Crippen LogP contribution in [0.4, 0.5) is 5.82 Å². The zero-order chi connectivity index (χ0) is 13.3. The monoisotopic (exact) mass is 251 g/mol. The number of hydrogen-bond donors (Lipinski definition) is 1. The van der Waals surface area contributed by atoms with E-state index in [1.165, 1.54) is 0 Å². The number of aryl methyl sites for hydroxylation is 2. The maximum atomic E-state index is 10.5. The van der Waals surface area contributed by atoms with E-state index in [1.54, 1.807) is 6.20 Å². The highest BCUT2D eigenvalue weighted by molar-refractivity contribution is 5.68. The Morgan fingerprint density at radius 3 is 2.72 bits per heavy atom. The van der Waals surface area contributed by atoms with Gasteiger partial charge in [0.1, 0.15) is 18.0 Å². The minimum absolute atomic E-state index is 0.261. The van der Waals surface area contributed by atoms with E-state index < -0.39 is 11.6 Å². The Labute approximate surface area is 106 Å². The molecular formula is C12H17N3O3. The molecule has 0 amide bonds. The Morgan fingerprint density at radius 2 is 2.17 bits per heavy atom. The summed E-state index contributed by atoms with van der Waals surface area (Å²) in [7, 11) is 0. The summed E-state index contributed by atoms with van der Waals surface area (Å²) in [5.41, 5.74) is 1.43. The van der Waals surface area contributed by atoms with Crippen LogP contribution in [-0.2, 0) is 9.53 Å². The first-order valence-electron chi connectivity index (χ1n) is 5.80. The smallest absolute Gasteiger partial charge is 0.329 e. The number of carboxylic acids is 1. The van der Waals surface area contributed by atoms with Crippen molar-refractivity contribution in [3.05, 3.63) is 17.6 Å². The quantitative estimate of drug-likeness (QED) is 0.852. The van der Waals surface area contributed by atoms with Gasteiger partial charge < -0.3 is 14.7 Å². The molecule has 2 rings (SSSR count). The van der Waals surface area contributed by atoms with Crippen molar-refractivity contribution in [3.8, 4) is 0 Å². The van der Waals surface area contributed by atoms with Gasteiger partial charge in [0.2, 0.25) is 0 Å². The molecule has 98 valence electrons. The van der Waals surface area contributed by atoms with Crippen molar-refractivity contribution >= 4 is 11.8 Å². The van der Waals surface area contributed by atoms with Gasteiger partial charge in [-0.1, -0.05) is 0 Å². The molecule has 1 aliphatic rings. The number of nitrogens with zero attached hydrogens (tertiary/aromatic N) is 3. The summed E-state index contributed by atoms with van der Waals surface area (Å²) >= 11 is 0. The number of aromatic nitrogens is 2. The molecule has 1 aromatic heterocycles. The van der Waals surface area contributed by atoms with Crippen molar-refractivity contribution in [1.82, 2.24) is 9.97 Å². The maximum absolute atomic E-state index is 10.5. The van der Waals surface area contributed by atoms with Crippen LogP contribution in [0.5, 0.6) is 0 Å². The van der Waals surface area contributed by atoms with E-state index >= 15 is 0 Å². The Hall–Kier alpha value is -1.69. The molecule has 0 aliphatic carbocycles. The molecule has 6 nitrogen and oxygen atoms in total. The van der Waals surface area contributed by atoms with Gasteiger partial charge >= 0.3 is 5.97 Å². The summed E-state index contributed by atoms with van der Waals surface area (Å²) in [6, 6.07) is 0. The van der Waals surface area contributed by atoms with Crippen molar-refractivity contribution in [2.45, 2.75) is 26.4 Å². The van der Waals surface area contributed by atoms with Crippen LogP contribution in [-0.4, -0.2) is 46.3 Å². The van der Waals surface area contributed by atoms with Gasteiger partial charge in [0.15, 0.2) is 0 Å². The molecule has 0 saturated carbocycles. The zero-order valence-corrected chi connectivity index (χ0v) is 10.8. The molecule has 1 fully saturated rings. The lowest BCUT2D eigenvalue weighted by atomic mass is 9.96. The molecule has 1 aliphatic heterocycles. The molecule has 2 heterocycles. The Balaban J connectivity index is 1.95. The van der Waals surface area contributed by atoms with Crippen LogP contribution < -0.4 is 4.90 Å². The molecule has 0 bridgehead atoms. The van der Waals surface area contributed by atoms with E-state index in [-0.39, 0.29) is 6.61 Å². The zero-order valence-electron chi connectivity index (χ0n) is 10.8. The molecule has 0 radical (unpaired) electrons. The third-order valence-corrected chi connectivity index (χ3v) is 3.10. The molecular weight excluding hydrogens is 234 g/mol. The fourth-order valence-corrected chi connectivity index (χ4v) is 1.93. The molecule has 1 saturated heterocycles. The van der Waals surface area contributed by atoms with Gasteiger partial charge in [-0.25, -0.2) is 9.78 Å². The van der Waals surface area contributed by atoms with Crippen LogP contribution >= 0.6 is 0 Å². The normalized spacial score (nSPS) is 17.4. The Bertz CT molecular complexity index is 470. The second kappa shape index (κ2) is 4.53. The van der Waals surface area contributed by atoms with E-state index in [0.29, 0.717) is 13.1 Å². The summed E-state index contributed by atoms with van der Waals surface area (Å²) in [6.45, 7) is 6.76. The van der Waals surface area contributed by atoms with E-state index in [2.05, 4.69) is 9.97 Å². The van der Waals surface area contributed by atoms with Gasteiger partial charge in [0.25, 0.3) is 0 Å². The van der Waals surface area contributed by atoms with Crippen molar-refractivity contribution in [1.29, 1.82) is 0 Å². The summed E-state index contributed by atoms with van der Waals surface area (Å²) in [5.74, 6) is -0.129. The van der Waals surface area contributed by atoms with Crippen molar-refractivity contribution < 1.29 is 14.6 Å². The van der Waals surface area contributed by atoms with Gasteiger partial charge in [-0.3, -0.25) is 4.98 Å². The topological polar surface area (TPSA) is 75.6 Å². The SMILES string of the molecule is Cc1ncc(N2CC(C)(OCC(=O)O)C2)nc1C. The van der Waals surface area contributed by atoms with Crippen LogP contribution in [0.3, 0.4) is 0 Å². The van der Waals surface area contributed by atoms with Gasteiger partial charge in [0, 0.05) is 0 Å². The van der Waals surface area contributed by atoms with Crippen molar-refractivity contribution in [2.24, 2.45) is 0 Å². The largest absolute Gasteiger partial charge is 0.480 e. The number of rotatable bonds is 4. The van der Waals surface area contributed by atoms with E-state index in [0.717, 1.165) is 17.2 Å². The van der Waals surface area contributed by atoms with E-state index in [4.69, 9.17) is 9.84 Å². The lowest BCUT2D eigenvalue weighted by Gasteiger charge is -2.47. The molecule has 18 heavy (non-hydrogen) atoms. The third kappa shape index (κ3) is 2.59. The number of hydrogen-bond acceptors (Lipinski definition) is 5. The standard InChI is InChI=1S/C12H17N3O3/c1-8-9(2)14-10(4-13-8)15-6-12(3,7-15)18-5-11(16)17/h4H,5-7H2,1-3H3,(H,16,17). The highest BCUT2D eigenvalue weighted by Gasteiger charge is 2.41. The second-order valence-corrected chi connectivity index (χ2v) is 4.89. The fourth-order valence-electron chi connectivity index (χ4n) is 1.93. The number of carbonyl (C=O) groups is 1. The summed E-state index contributed by atoms with van der Waals surface area (Å²) in [4.78, 5) is 21.2. The Kier molecular flexibility index (Phi) is 3.21. The average molecular weight is 251 g/mol. The lowest BCUT2D eigenvalue weighted by molar-refractivity contribution is -0.150. The van der Waals surface area contributed by atoms with Crippen LogP contribution in [0, 0.1) is 13.8 Å². The summed E-state index contributed by atoms with van der Waals surface area (Å²) in [6.07, 6.45) is 1.74. The first-order chi connectivity index (χ1) is 8.39. The number of anilines is 1. The number of ether oxygens (including phenoxy) is 1. The lowest BCUT2D eigenvalue weighted by Crippen LogP contribution is -2.62. The van der Waals surface area contributed by atoms with Gasteiger partial charge in [-0.2, -0.15) is 0 Å². The van der Waals surface area contributed by atoms with Crippen molar-refractivity contribution in [2.75, 3.05) is 24.6 Å². The predicted molar refractivity (Wildman–Crippen MR) is 65.7 cm³/mol. The summed E-state index contributed by atoms with van der Waals surface area (Å²) < 4.78 is 5.34. The first-order valence-corrected chi connectivity index (χ1v) is 5.80. The van der Waals surface area contributed by atoms with Crippen LogP contribution in [0.1, 0.15) is 18.3 Å². The van der Waals surface area contributed by atoms with Crippen LogP contribution in [0.15, 0.2) is 6.20 Å². The Morgan fingerprint density at radius 1 is 1.50 bits per heavy atom. The number of carboxylic acid groups (broad SMARTS) is 1. The molecule has 0 spiro atoms. The minimum atomic E-state index is -0.944. The van der Waals surface area contributed by atoms with Crippen molar-refractivity contribution in [3.63, 3.8) is 0 Å². The average Bonchev–Trinajstić information content (AvgIpc) is 2.26. The summed E-state index contributed by atoms with van der Waals surface area (Å²) in [5, 5.41) is 8.59. The highest BCUT2D eigenvalue weighted by Crippen LogP contribution is 2.28. The van der Waals surface area contributed by atoms with Gasteiger partial charge in [-0.05, 0) is 20.8 Å². The van der Waals surface area contributed by atoms with Crippen LogP contribution in [0.25, 0.3) is 0 Å². The number of aliphatic carboxylic acids is 1. The molecule has 1 aromatic rings. The third-order valence-electron chi connectivity index (χ3n) is 3.10. The predicted octanol–water partition coefficient (Wildman–Crippen LogP) is 0.773. The molecule has 0 aromatic carbocycles. The first kappa shape index (κ1) is 12.8. The fraction of sp³-hybridized carbons (Fsp3) is 0.583. The van der Waals surface area contributed by atoms with E-state index in [1.807, 2.05) is 25.7 Å². The van der Waals surface area contributed by atoms with Gasteiger partial charge in [-0.15, -0.1) is 0 Å². The highest BCUT2D eigenvalue weighted by atomic mass is 16.5. The minimum Gasteiger partial charge on any atom is -0.480 e.